The first-order valence-corrected chi connectivity index (χ1v) is 11.0. The number of amides is 3. The van der Waals surface area contributed by atoms with Crippen LogP contribution >= 0.6 is 0 Å². The molecule has 0 bridgehead atoms. The number of hydrogen-bond donors (Lipinski definition) is 8. The monoisotopic (exact) mass is 481 g/mol. The van der Waals surface area contributed by atoms with Gasteiger partial charge in [0.15, 0.2) is 6.04 Å². The molecular formula is C22H35N5O7. The molecule has 190 valence electrons. The number of carbonyl (C=O) groups is 4. The molecule has 5 atom stereocenters. The Morgan fingerprint density at radius 2 is 1.47 bits per heavy atom. The Hall–Kier alpha value is -3.22. The van der Waals surface area contributed by atoms with Crippen LogP contribution < -0.4 is 27.4 Å². The normalized spacial score (nSPS) is 15.3. The molecule has 0 fully saturated rings. The van der Waals surface area contributed by atoms with Crippen LogP contribution in [0.4, 0.5) is 0 Å². The Balaban J connectivity index is 3.08. The van der Waals surface area contributed by atoms with Gasteiger partial charge < -0.3 is 42.7 Å². The number of phenolic OH excluding ortho intramolecular Hbond substituents is 1. The maximum Gasteiger partial charge on any atom is 0.328 e. The van der Waals surface area contributed by atoms with Crippen LogP contribution in [-0.4, -0.2) is 75.8 Å². The van der Waals surface area contributed by atoms with E-state index in [2.05, 4.69) is 16.0 Å². The maximum absolute atomic E-state index is 13.1. The Bertz CT molecular complexity index is 829. The molecule has 12 heteroatoms. The molecule has 12 nitrogen and oxygen atoms in total. The fraction of sp³-hybridized carbons (Fsp3) is 0.545. The molecular weight excluding hydrogens is 446 g/mol. The van der Waals surface area contributed by atoms with Gasteiger partial charge in [-0.05, 0) is 57.4 Å². The van der Waals surface area contributed by atoms with Crippen molar-refractivity contribution >= 4 is 23.7 Å². The summed E-state index contributed by atoms with van der Waals surface area (Å²) >= 11 is 0. The van der Waals surface area contributed by atoms with Gasteiger partial charge in [0, 0.05) is 6.42 Å². The number of carboxylic acids is 1. The third kappa shape index (κ3) is 9.73. The molecule has 0 aliphatic carbocycles. The van der Waals surface area contributed by atoms with Crippen molar-refractivity contribution in [1.29, 1.82) is 0 Å². The number of aliphatic hydroxyl groups is 1. The first kappa shape index (κ1) is 28.8. The van der Waals surface area contributed by atoms with E-state index >= 15 is 0 Å². The lowest BCUT2D eigenvalue weighted by atomic mass is 10.0. The molecule has 1 rings (SSSR count). The van der Waals surface area contributed by atoms with Gasteiger partial charge in [0.2, 0.25) is 17.7 Å². The van der Waals surface area contributed by atoms with E-state index < -0.39 is 54.0 Å². The molecule has 0 radical (unpaired) electrons. The Labute approximate surface area is 198 Å². The van der Waals surface area contributed by atoms with E-state index in [4.69, 9.17) is 11.5 Å². The average Bonchev–Trinajstić information content (AvgIpc) is 2.76. The molecule has 0 aliphatic heterocycles. The quantitative estimate of drug-likeness (QED) is 0.142. The highest BCUT2D eigenvalue weighted by molar-refractivity contribution is 5.94. The van der Waals surface area contributed by atoms with Gasteiger partial charge in [-0.25, -0.2) is 4.79 Å². The highest BCUT2D eigenvalue weighted by atomic mass is 16.4. The number of aliphatic carboxylic acids is 1. The number of carbonyl (C=O) groups excluding carboxylic acids is 3. The van der Waals surface area contributed by atoms with E-state index in [1.54, 1.807) is 12.1 Å². The lowest BCUT2D eigenvalue weighted by Crippen LogP contribution is -2.58. The summed E-state index contributed by atoms with van der Waals surface area (Å²) in [6.07, 6.45) is -0.122. The van der Waals surface area contributed by atoms with Crippen molar-refractivity contribution in [3.05, 3.63) is 29.8 Å². The van der Waals surface area contributed by atoms with Crippen molar-refractivity contribution in [2.24, 2.45) is 11.5 Å². The minimum absolute atomic E-state index is 0.0344. The SMILES string of the molecule is CC(N)C(=O)NC(Cc1ccc(O)cc1)C(=O)NC(CCCCN)C(=O)NC(C(=O)O)C(C)O. The fourth-order valence-corrected chi connectivity index (χ4v) is 3.06. The number of aliphatic hydroxyl groups excluding tert-OH is 1. The summed E-state index contributed by atoms with van der Waals surface area (Å²) in [4.78, 5) is 49.4. The summed E-state index contributed by atoms with van der Waals surface area (Å²) in [6.45, 7) is 3.04. The molecule has 1 aromatic carbocycles. The van der Waals surface area contributed by atoms with E-state index in [9.17, 15) is 34.5 Å². The van der Waals surface area contributed by atoms with Gasteiger partial charge in [-0.1, -0.05) is 12.1 Å². The number of nitrogens with two attached hydrogens (primary N) is 2. The second-order valence-electron chi connectivity index (χ2n) is 8.13. The van der Waals surface area contributed by atoms with Crippen molar-refractivity contribution in [2.45, 2.75) is 69.8 Å². The Morgan fingerprint density at radius 3 is 1.97 bits per heavy atom. The molecule has 10 N–H and O–H groups in total. The zero-order valence-corrected chi connectivity index (χ0v) is 19.4. The lowest BCUT2D eigenvalue weighted by Gasteiger charge is -2.25. The lowest BCUT2D eigenvalue weighted by molar-refractivity contribution is -0.145. The number of benzene rings is 1. The number of carboxylic acid groups (broad SMARTS) is 1. The Morgan fingerprint density at radius 1 is 0.912 bits per heavy atom. The topological polar surface area (TPSA) is 217 Å². The van der Waals surface area contributed by atoms with Crippen LogP contribution in [0.1, 0.15) is 38.7 Å². The van der Waals surface area contributed by atoms with Crippen molar-refractivity contribution in [3.8, 4) is 5.75 Å². The van der Waals surface area contributed by atoms with Crippen LogP contribution in [0.2, 0.25) is 0 Å². The van der Waals surface area contributed by atoms with Crippen LogP contribution in [0.3, 0.4) is 0 Å². The smallest absolute Gasteiger partial charge is 0.328 e. The number of hydrogen-bond acceptors (Lipinski definition) is 8. The van der Waals surface area contributed by atoms with Gasteiger partial charge in [0.25, 0.3) is 0 Å². The van der Waals surface area contributed by atoms with Crippen molar-refractivity contribution in [2.75, 3.05) is 6.54 Å². The molecule has 3 amide bonds. The minimum Gasteiger partial charge on any atom is -0.508 e. The Kier molecular flexibility index (Phi) is 12.0. The van der Waals surface area contributed by atoms with E-state index in [0.29, 0.717) is 24.9 Å². The first-order chi connectivity index (χ1) is 16.0. The summed E-state index contributed by atoms with van der Waals surface area (Å²) in [7, 11) is 0. The maximum atomic E-state index is 13.1. The third-order valence-corrected chi connectivity index (χ3v) is 5.05. The van der Waals surface area contributed by atoms with Crippen molar-refractivity contribution < 1.29 is 34.5 Å². The molecule has 0 heterocycles. The predicted octanol–water partition coefficient (Wildman–Crippen LogP) is -1.67. The largest absolute Gasteiger partial charge is 0.508 e. The van der Waals surface area contributed by atoms with Crippen LogP contribution in [0.25, 0.3) is 0 Å². The number of nitrogens with one attached hydrogen (secondary N) is 3. The highest BCUT2D eigenvalue weighted by Gasteiger charge is 2.31. The molecule has 5 unspecified atom stereocenters. The van der Waals surface area contributed by atoms with Crippen LogP contribution in [0.15, 0.2) is 24.3 Å². The molecule has 1 aromatic rings. The summed E-state index contributed by atoms with van der Waals surface area (Å²) in [5, 5.41) is 35.7. The van der Waals surface area contributed by atoms with Crippen molar-refractivity contribution in [3.63, 3.8) is 0 Å². The number of aromatic hydroxyl groups is 1. The van der Waals surface area contributed by atoms with Gasteiger partial charge in [0.1, 0.15) is 17.8 Å². The fourth-order valence-electron chi connectivity index (χ4n) is 3.06. The minimum atomic E-state index is -1.56. The van der Waals surface area contributed by atoms with Gasteiger partial charge >= 0.3 is 5.97 Å². The second-order valence-corrected chi connectivity index (χ2v) is 8.13. The van der Waals surface area contributed by atoms with E-state index in [0.717, 1.165) is 0 Å². The zero-order chi connectivity index (χ0) is 25.8. The van der Waals surface area contributed by atoms with Crippen molar-refractivity contribution in [1.82, 2.24) is 16.0 Å². The summed E-state index contributed by atoms with van der Waals surface area (Å²) in [6, 6.07) is 1.35. The predicted molar refractivity (Wildman–Crippen MR) is 123 cm³/mol. The van der Waals surface area contributed by atoms with E-state index in [1.165, 1.54) is 26.0 Å². The van der Waals surface area contributed by atoms with E-state index in [-0.39, 0.29) is 18.6 Å². The molecule has 0 aromatic heterocycles. The van der Waals surface area contributed by atoms with Gasteiger partial charge in [-0.15, -0.1) is 0 Å². The van der Waals surface area contributed by atoms with Gasteiger partial charge in [-0.2, -0.15) is 0 Å². The number of unbranched alkanes of at least 4 members (excludes halogenated alkanes) is 1. The summed E-state index contributed by atoms with van der Waals surface area (Å²) < 4.78 is 0. The van der Waals surface area contributed by atoms with Gasteiger partial charge in [-0.3, -0.25) is 14.4 Å². The first-order valence-electron chi connectivity index (χ1n) is 11.0. The standard InChI is InChI=1S/C22H35N5O7/c1-12(24)19(30)26-17(11-14-6-8-15(29)9-7-14)21(32)25-16(5-3-4-10-23)20(31)27-18(13(2)28)22(33)34/h6-9,12-13,16-18,28-29H,3-5,10-11,23-24H2,1-2H3,(H,25,32)(H,26,30)(H,27,31)(H,33,34). The molecule has 0 saturated carbocycles. The third-order valence-electron chi connectivity index (χ3n) is 5.05. The second kappa shape index (κ2) is 14.1. The summed E-state index contributed by atoms with van der Waals surface area (Å²) in [5.74, 6) is -3.44. The molecule has 0 spiro atoms. The molecule has 34 heavy (non-hydrogen) atoms. The van der Waals surface area contributed by atoms with E-state index in [1.807, 2.05) is 0 Å². The van der Waals surface area contributed by atoms with Crippen LogP contribution in [0.5, 0.6) is 5.75 Å². The zero-order valence-electron chi connectivity index (χ0n) is 19.4. The van der Waals surface area contributed by atoms with Crippen LogP contribution in [0, 0.1) is 0 Å². The van der Waals surface area contributed by atoms with Crippen LogP contribution in [-0.2, 0) is 25.6 Å². The average molecular weight is 482 g/mol. The number of rotatable bonds is 14. The highest BCUT2D eigenvalue weighted by Crippen LogP contribution is 2.12. The number of phenols is 1. The molecule has 0 saturated heterocycles. The van der Waals surface area contributed by atoms with Gasteiger partial charge in [0.05, 0.1) is 12.1 Å². The summed E-state index contributed by atoms with van der Waals surface area (Å²) in [5.41, 5.74) is 11.7. The molecule has 0 aliphatic rings.